The minimum Gasteiger partial charge on any atom is -0.505 e. The first kappa shape index (κ1) is 20.8. The highest BCUT2D eigenvalue weighted by molar-refractivity contribution is 5.94. The lowest BCUT2D eigenvalue weighted by atomic mass is 9.97. The van der Waals surface area contributed by atoms with Crippen molar-refractivity contribution in [1.29, 1.82) is 0 Å². The third-order valence-electron chi connectivity index (χ3n) is 6.95. The Morgan fingerprint density at radius 2 is 1.94 bits per heavy atom. The van der Waals surface area contributed by atoms with Crippen LogP contribution in [0.5, 0.6) is 5.75 Å². The van der Waals surface area contributed by atoms with Gasteiger partial charge in [0.25, 0.3) is 5.91 Å². The predicted molar refractivity (Wildman–Crippen MR) is 123 cm³/mol. The Morgan fingerprint density at radius 3 is 2.74 bits per heavy atom. The molecule has 6 rings (SSSR count). The molecule has 5 heterocycles. The molecule has 0 saturated carbocycles. The molecule has 2 aliphatic heterocycles. The van der Waals surface area contributed by atoms with Crippen LogP contribution in [0.15, 0.2) is 49.2 Å². The summed E-state index contributed by atoms with van der Waals surface area (Å²) in [7, 11) is 0. The number of fused-ring (bicyclic) bond motifs is 1. The fraction of sp³-hybridized carbons (Fsp3) is 0.333. The lowest BCUT2D eigenvalue weighted by Gasteiger charge is -2.47. The number of halogens is 1. The van der Waals surface area contributed by atoms with Crippen molar-refractivity contribution in [3.8, 4) is 17.0 Å². The lowest BCUT2D eigenvalue weighted by Crippen LogP contribution is -2.56. The fourth-order valence-electron chi connectivity index (χ4n) is 4.98. The zero-order valence-electron chi connectivity index (χ0n) is 18.4. The largest absolute Gasteiger partial charge is 0.505 e. The van der Waals surface area contributed by atoms with E-state index in [-0.39, 0.29) is 5.91 Å². The van der Waals surface area contributed by atoms with Crippen LogP contribution in [0.4, 0.5) is 4.39 Å². The topological polar surface area (TPSA) is 103 Å². The molecule has 10 heteroatoms. The number of likely N-dealkylation sites (tertiary alicyclic amines) is 2. The zero-order valence-corrected chi connectivity index (χ0v) is 18.4. The SMILES string of the molecule is O=C(c1ccc(F)c(O)c1)N1CCC(N2CC(n3cc(-c4ncnc5[nH]ccc45)cn3)C2)CC1. The highest BCUT2D eigenvalue weighted by atomic mass is 19.1. The van der Waals surface area contributed by atoms with Gasteiger partial charge in [0.1, 0.15) is 12.0 Å². The minimum absolute atomic E-state index is 0.166. The number of nitrogens with zero attached hydrogens (tertiary/aromatic N) is 6. The number of hydrogen-bond acceptors (Lipinski definition) is 6. The third-order valence-corrected chi connectivity index (χ3v) is 6.95. The summed E-state index contributed by atoms with van der Waals surface area (Å²) in [4.78, 5) is 28.7. The lowest BCUT2D eigenvalue weighted by molar-refractivity contribution is 0.0198. The smallest absolute Gasteiger partial charge is 0.253 e. The molecular weight excluding hydrogens is 437 g/mol. The van der Waals surface area contributed by atoms with Crippen LogP contribution in [-0.2, 0) is 0 Å². The molecule has 0 aliphatic carbocycles. The standard InChI is InChI=1S/C24H24FN7O2/c25-20-2-1-15(9-21(20)33)24(34)30-7-4-17(5-8-30)31-12-18(13-31)32-11-16(10-29-32)22-19-3-6-26-23(19)28-14-27-22/h1-3,6,9-11,14,17-18,33H,4-5,7-8,12-13H2,(H,26,27,28). The molecule has 0 spiro atoms. The molecule has 1 amide bonds. The second kappa shape index (κ2) is 8.21. The monoisotopic (exact) mass is 461 g/mol. The Kier molecular flexibility index (Phi) is 5.02. The van der Waals surface area contributed by atoms with Crippen LogP contribution in [-0.4, -0.2) is 77.8 Å². The van der Waals surface area contributed by atoms with Gasteiger partial charge in [-0.15, -0.1) is 0 Å². The number of benzene rings is 1. The van der Waals surface area contributed by atoms with Gasteiger partial charge in [0.05, 0.1) is 17.9 Å². The maximum Gasteiger partial charge on any atom is 0.253 e. The van der Waals surface area contributed by atoms with E-state index in [2.05, 4.69) is 31.1 Å². The van der Waals surface area contributed by atoms with Gasteiger partial charge in [0, 0.05) is 61.1 Å². The van der Waals surface area contributed by atoms with E-state index in [1.807, 2.05) is 23.1 Å². The van der Waals surface area contributed by atoms with Crippen molar-refractivity contribution in [2.75, 3.05) is 26.2 Å². The number of carbonyl (C=O) groups is 1. The van der Waals surface area contributed by atoms with Crippen LogP contribution in [0, 0.1) is 5.82 Å². The number of amides is 1. The van der Waals surface area contributed by atoms with Crippen molar-refractivity contribution in [1.82, 2.24) is 34.5 Å². The van der Waals surface area contributed by atoms with E-state index in [1.54, 1.807) is 11.2 Å². The van der Waals surface area contributed by atoms with Crippen LogP contribution < -0.4 is 0 Å². The van der Waals surface area contributed by atoms with Crippen LogP contribution in [0.1, 0.15) is 29.2 Å². The molecule has 0 radical (unpaired) electrons. The number of carbonyl (C=O) groups excluding carboxylic acids is 1. The van der Waals surface area contributed by atoms with Crippen molar-refractivity contribution in [2.24, 2.45) is 0 Å². The number of rotatable bonds is 4. The maximum atomic E-state index is 13.3. The van der Waals surface area contributed by atoms with E-state index in [9.17, 15) is 14.3 Å². The Morgan fingerprint density at radius 1 is 1.12 bits per heavy atom. The number of aromatic nitrogens is 5. The van der Waals surface area contributed by atoms with Crippen LogP contribution in [0.3, 0.4) is 0 Å². The number of aromatic hydroxyl groups is 1. The van der Waals surface area contributed by atoms with E-state index in [1.165, 1.54) is 12.1 Å². The molecule has 2 fully saturated rings. The second-order valence-electron chi connectivity index (χ2n) is 8.97. The highest BCUT2D eigenvalue weighted by Gasteiger charge is 2.36. The van der Waals surface area contributed by atoms with E-state index in [4.69, 9.17) is 0 Å². The quantitative estimate of drug-likeness (QED) is 0.485. The van der Waals surface area contributed by atoms with Gasteiger partial charge in [0.15, 0.2) is 11.6 Å². The normalized spacial score (nSPS) is 17.9. The van der Waals surface area contributed by atoms with Gasteiger partial charge in [-0.1, -0.05) is 0 Å². The van der Waals surface area contributed by atoms with Gasteiger partial charge in [-0.3, -0.25) is 14.4 Å². The molecule has 0 atom stereocenters. The predicted octanol–water partition coefficient (Wildman–Crippen LogP) is 2.83. The average Bonchev–Trinajstić information content (AvgIpc) is 3.50. The number of aromatic amines is 1. The van der Waals surface area contributed by atoms with Crippen molar-refractivity contribution >= 4 is 16.9 Å². The molecule has 0 unspecified atom stereocenters. The third kappa shape index (κ3) is 3.60. The molecule has 3 aromatic heterocycles. The van der Waals surface area contributed by atoms with Gasteiger partial charge >= 0.3 is 0 Å². The van der Waals surface area contributed by atoms with E-state index >= 15 is 0 Å². The summed E-state index contributed by atoms with van der Waals surface area (Å²) in [6.07, 6.45) is 9.11. The molecule has 2 saturated heterocycles. The van der Waals surface area contributed by atoms with Crippen LogP contribution in [0.2, 0.25) is 0 Å². The van der Waals surface area contributed by atoms with Gasteiger partial charge < -0.3 is 15.0 Å². The van der Waals surface area contributed by atoms with E-state index in [0.29, 0.717) is 30.7 Å². The summed E-state index contributed by atoms with van der Waals surface area (Å²) in [6.45, 7) is 3.15. The summed E-state index contributed by atoms with van der Waals surface area (Å²) < 4.78 is 15.3. The first-order valence-corrected chi connectivity index (χ1v) is 11.4. The first-order valence-electron chi connectivity index (χ1n) is 11.4. The van der Waals surface area contributed by atoms with Gasteiger partial charge in [0.2, 0.25) is 0 Å². The summed E-state index contributed by atoms with van der Waals surface area (Å²) in [5.74, 6) is -1.38. The second-order valence-corrected chi connectivity index (χ2v) is 8.97. The van der Waals surface area contributed by atoms with Crippen molar-refractivity contribution in [3.05, 3.63) is 60.6 Å². The number of piperidine rings is 1. The van der Waals surface area contributed by atoms with Gasteiger partial charge in [-0.2, -0.15) is 5.10 Å². The van der Waals surface area contributed by atoms with E-state index in [0.717, 1.165) is 54.3 Å². The van der Waals surface area contributed by atoms with Crippen molar-refractivity contribution in [2.45, 2.75) is 24.9 Å². The fourth-order valence-corrected chi connectivity index (χ4v) is 4.98. The van der Waals surface area contributed by atoms with E-state index < -0.39 is 11.6 Å². The summed E-state index contributed by atoms with van der Waals surface area (Å²) in [5, 5.41) is 15.1. The van der Waals surface area contributed by atoms with Crippen molar-refractivity contribution in [3.63, 3.8) is 0 Å². The summed E-state index contributed by atoms with van der Waals surface area (Å²) >= 11 is 0. The number of H-pyrrole nitrogens is 1. The molecule has 2 N–H and O–H groups in total. The maximum absolute atomic E-state index is 13.3. The summed E-state index contributed by atoms with van der Waals surface area (Å²) in [5.41, 5.74) is 2.98. The molecule has 9 nitrogen and oxygen atoms in total. The Balaban J connectivity index is 1.05. The van der Waals surface area contributed by atoms with Crippen LogP contribution >= 0.6 is 0 Å². The number of hydrogen-bond donors (Lipinski definition) is 2. The Hall–Kier alpha value is -3.79. The van der Waals surface area contributed by atoms with Crippen LogP contribution in [0.25, 0.3) is 22.3 Å². The number of phenols is 1. The Labute approximate surface area is 194 Å². The average molecular weight is 462 g/mol. The Bertz CT molecular complexity index is 1350. The zero-order chi connectivity index (χ0) is 23.2. The number of nitrogens with one attached hydrogen (secondary N) is 1. The summed E-state index contributed by atoms with van der Waals surface area (Å²) in [6, 6.07) is 6.47. The molecule has 34 heavy (non-hydrogen) atoms. The molecule has 1 aromatic carbocycles. The first-order chi connectivity index (χ1) is 16.6. The molecule has 4 aromatic rings. The molecule has 0 bridgehead atoms. The van der Waals surface area contributed by atoms with Gasteiger partial charge in [-0.25, -0.2) is 14.4 Å². The molecule has 174 valence electrons. The van der Waals surface area contributed by atoms with Gasteiger partial charge in [-0.05, 0) is 37.1 Å². The minimum atomic E-state index is -0.721. The molecular formula is C24H24FN7O2. The molecule has 2 aliphatic rings. The van der Waals surface area contributed by atoms with Crippen molar-refractivity contribution < 1.29 is 14.3 Å². The number of phenolic OH excluding ortho intramolecular Hbond substituents is 1. The highest BCUT2D eigenvalue weighted by Crippen LogP contribution is 2.31.